The number of allylic oxidation sites excluding steroid dienone is 3. The van der Waals surface area contributed by atoms with Crippen molar-refractivity contribution in [2.75, 3.05) is 40.3 Å². The van der Waals surface area contributed by atoms with E-state index in [1.807, 2.05) is 7.05 Å². The Kier molecular flexibility index (Phi) is 8.96. The highest BCUT2D eigenvalue weighted by Crippen LogP contribution is 1.98. The summed E-state index contributed by atoms with van der Waals surface area (Å²) in [6, 6.07) is 0. The van der Waals surface area contributed by atoms with Gasteiger partial charge in [-0.3, -0.25) is 0 Å². The van der Waals surface area contributed by atoms with Gasteiger partial charge in [-0.25, -0.2) is 0 Å². The predicted octanol–water partition coefficient (Wildman–Crippen LogP) is 1.60. The van der Waals surface area contributed by atoms with Gasteiger partial charge < -0.3 is 15.5 Å². The number of rotatable bonds is 8. The third kappa shape index (κ3) is 8.50. The standard InChI is InChI=1S/C13H27N3/c1-6-15-9-10-16(5)11-12(2)7-8-13(3)14-4/h7-8,14-15H,6,9-11H2,1-5H3/b12-7+,13-8-. The van der Waals surface area contributed by atoms with Gasteiger partial charge in [-0.05, 0) is 33.5 Å². The van der Waals surface area contributed by atoms with Crippen molar-refractivity contribution in [2.24, 2.45) is 0 Å². The molecule has 0 saturated heterocycles. The van der Waals surface area contributed by atoms with Crippen LogP contribution in [0.4, 0.5) is 0 Å². The molecular weight excluding hydrogens is 198 g/mol. The summed E-state index contributed by atoms with van der Waals surface area (Å²) in [5, 5.41) is 6.44. The average molecular weight is 225 g/mol. The number of hydrogen-bond acceptors (Lipinski definition) is 3. The molecule has 0 spiro atoms. The van der Waals surface area contributed by atoms with Crippen LogP contribution in [-0.4, -0.2) is 45.2 Å². The minimum absolute atomic E-state index is 1.03. The lowest BCUT2D eigenvalue weighted by molar-refractivity contribution is 0.359. The smallest absolute Gasteiger partial charge is 0.0190 e. The molecule has 0 fully saturated rings. The van der Waals surface area contributed by atoms with Crippen molar-refractivity contribution < 1.29 is 0 Å². The maximum atomic E-state index is 3.33. The molecular formula is C13H27N3. The first-order valence-corrected chi connectivity index (χ1v) is 6.01. The molecule has 94 valence electrons. The third-order valence-corrected chi connectivity index (χ3v) is 2.45. The largest absolute Gasteiger partial charge is 0.392 e. The Morgan fingerprint density at radius 1 is 1.25 bits per heavy atom. The second-order valence-corrected chi connectivity index (χ2v) is 4.20. The molecule has 0 heterocycles. The lowest BCUT2D eigenvalue weighted by atomic mass is 10.2. The van der Waals surface area contributed by atoms with E-state index in [-0.39, 0.29) is 0 Å². The normalized spacial score (nSPS) is 13.4. The predicted molar refractivity (Wildman–Crippen MR) is 72.6 cm³/mol. The van der Waals surface area contributed by atoms with Crippen LogP contribution in [0, 0.1) is 0 Å². The zero-order valence-corrected chi connectivity index (χ0v) is 11.4. The highest BCUT2D eigenvalue weighted by molar-refractivity contribution is 5.15. The van der Waals surface area contributed by atoms with Crippen LogP contribution in [0.1, 0.15) is 20.8 Å². The molecule has 0 aromatic rings. The van der Waals surface area contributed by atoms with E-state index in [4.69, 9.17) is 0 Å². The van der Waals surface area contributed by atoms with E-state index in [1.54, 1.807) is 0 Å². The first-order valence-electron chi connectivity index (χ1n) is 6.01. The van der Waals surface area contributed by atoms with E-state index in [9.17, 15) is 0 Å². The van der Waals surface area contributed by atoms with Crippen LogP contribution in [0.15, 0.2) is 23.4 Å². The summed E-state index contributed by atoms with van der Waals surface area (Å²) in [5.41, 5.74) is 2.57. The molecule has 3 nitrogen and oxygen atoms in total. The second-order valence-electron chi connectivity index (χ2n) is 4.20. The van der Waals surface area contributed by atoms with Crippen LogP contribution in [0.5, 0.6) is 0 Å². The molecule has 2 N–H and O–H groups in total. The summed E-state index contributed by atoms with van der Waals surface area (Å²) < 4.78 is 0. The third-order valence-electron chi connectivity index (χ3n) is 2.45. The first-order chi connectivity index (χ1) is 7.60. The monoisotopic (exact) mass is 225 g/mol. The second kappa shape index (κ2) is 9.43. The highest BCUT2D eigenvalue weighted by Gasteiger charge is 1.97. The summed E-state index contributed by atoms with van der Waals surface area (Å²) >= 11 is 0. The fraction of sp³-hybridized carbons (Fsp3) is 0.692. The van der Waals surface area contributed by atoms with E-state index in [0.29, 0.717) is 0 Å². The molecule has 0 aromatic heterocycles. The Labute approximate surface area is 101 Å². The average Bonchev–Trinajstić information content (AvgIpc) is 2.26. The van der Waals surface area contributed by atoms with E-state index in [0.717, 1.165) is 26.2 Å². The molecule has 0 aliphatic heterocycles. The Morgan fingerprint density at radius 2 is 1.94 bits per heavy atom. The van der Waals surface area contributed by atoms with E-state index < -0.39 is 0 Å². The molecule has 0 saturated carbocycles. The lowest BCUT2D eigenvalue weighted by Crippen LogP contribution is -2.30. The number of nitrogens with one attached hydrogen (secondary N) is 2. The van der Waals surface area contributed by atoms with Crippen LogP contribution in [0.25, 0.3) is 0 Å². The van der Waals surface area contributed by atoms with Gasteiger partial charge in [0.05, 0.1) is 0 Å². The van der Waals surface area contributed by atoms with Gasteiger partial charge in [-0.15, -0.1) is 0 Å². The number of hydrogen-bond donors (Lipinski definition) is 2. The van der Waals surface area contributed by atoms with Crippen molar-refractivity contribution in [1.82, 2.24) is 15.5 Å². The van der Waals surface area contributed by atoms with Crippen molar-refractivity contribution in [2.45, 2.75) is 20.8 Å². The molecule has 0 aromatic carbocycles. The topological polar surface area (TPSA) is 27.3 Å². The first kappa shape index (κ1) is 15.2. The Morgan fingerprint density at radius 3 is 2.50 bits per heavy atom. The Hall–Kier alpha value is -0.800. The number of likely N-dealkylation sites (N-methyl/N-ethyl adjacent to an activating group) is 2. The Balaban J connectivity index is 3.89. The summed E-state index contributed by atoms with van der Waals surface area (Å²) in [6.07, 6.45) is 4.29. The van der Waals surface area contributed by atoms with Crippen molar-refractivity contribution in [3.63, 3.8) is 0 Å². The van der Waals surface area contributed by atoms with E-state index in [2.05, 4.69) is 55.5 Å². The van der Waals surface area contributed by atoms with Gasteiger partial charge in [0.2, 0.25) is 0 Å². The summed E-state index contributed by atoms with van der Waals surface area (Å²) in [6.45, 7) is 10.6. The SMILES string of the molecule is CCNCCN(C)C/C(C)=C/C=C(/C)NC. The zero-order valence-electron chi connectivity index (χ0n) is 11.4. The minimum Gasteiger partial charge on any atom is -0.392 e. The summed E-state index contributed by atoms with van der Waals surface area (Å²) in [4.78, 5) is 2.33. The van der Waals surface area contributed by atoms with Crippen LogP contribution in [0.3, 0.4) is 0 Å². The summed E-state index contributed by atoms with van der Waals surface area (Å²) in [7, 11) is 4.10. The van der Waals surface area contributed by atoms with Gasteiger partial charge in [0.25, 0.3) is 0 Å². The summed E-state index contributed by atoms with van der Waals surface area (Å²) in [5.74, 6) is 0. The molecule has 0 radical (unpaired) electrons. The molecule has 0 aliphatic rings. The molecule has 0 amide bonds. The van der Waals surface area contributed by atoms with Crippen LogP contribution < -0.4 is 10.6 Å². The van der Waals surface area contributed by atoms with Gasteiger partial charge in [0.15, 0.2) is 0 Å². The van der Waals surface area contributed by atoms with Crippen molar-refractivity contribution in [3.8, 4) is 0 Å². The van der Waals surface area contributed by atoms with Gasteiger partial charge in [-0.2, -0.15) is 0 Å². The van der Waals surface area contributed by atoms with Crippen molar-refractivity contribution in [3.05, 3.63) is 23.4 Å². The molecule has 16 heavy (non-hydrogen) atoms. The van der Waals surface area contributed by atoms with Crippen LogP contribution >= 0.6 is 0 Å². The molecule has 0 unspecified atom stereocenters. The molecule has 3 heteroatoms. The van der Waals surface area contributed by atoms with Crippen molar-refractivity contribution in [1.29, 1.82) is 0 Å². The number of nitrogens with zero attached hydrogens (tertiary/aromatic N) is 1. The fourth-order valence-corrected chi connectivity index (χ4v) is 1.35. The van der Waals surface area contributed by atoms with Gasteiger partial charge in [0.1, 0.15) is 0 Å². The fourth-order valence-electron chi connectivity index (χ4n) is 1.35. The van der Waals surface area contributed by atoms with Crippen LogP contribution in [0.2, 0.25) is 0 Å². The van der Waals surface area contributed by atoms with Gasteiger partial charge >= 0.3 is 0 Å². The van der Waals surface area contributed by atoms with E-state index in [1.165, 1.54) is 11.3 Å². The van der Waals surface area contributed by atoms with Crippen molar-refractivity contribution >= 4 is 0 Å². The lowest BCUT2D eigenvalue weighted by Gasteiger charge is -2.16. The molecule has 0 aliphatic carbocycles. The Bertz CT molecular complexity index is 231. The highest BCUT2D eigenvalue weighted by atomic mass is 15.1. The van der Waals surface area contributed by atoms with E-state index >= 15 is 0 Å². The molecule has 0 rings (SSSR count). The molecule has 0 bridgehead atoms. The maximum Gasteiger partial charge on any atom is 0.0190 e. The quantitative estimate of drug-likeness (QED) is 0.485. The van der Waals surface area contributed by atoms with Gasteiger partial charge in [0, 0.05) is 32.4 Å². The van der Waals surface area contributed by atoms with Crippen LogP contribution in [-0.2, 0) is 0 Å². The maximum absolute atomic E-state index is 3.33. The minimum atomic E-state index is 1.03. The zero-order chi connectivity index (χ0) is 12.4. The van der Waals surface area contributed by atoms with Gasteiger partial charge in [-0.1, -0.05) is 18.6 Å². The molecule has 0 atom stereocenters.